The zero-order valence-corrected chi connectivity index (χ0v) is 16.2. The summed E-state index contributed by atoms with van der Waals surface area (Å²) in [6.45, 7) is 0. The largest absolute Gasteiger partial charge is 0.399 e. The van der Waals surface area contributed by atoms with Crippen LogP contribution in [-0.2, 0) is 6.42 Å². The third-order valence-electron chi connectivity index (χ3n) is 4.48. The van der Waals surface area contributed by atoms with Crippen molar-refractivity contribution in [3.8, 4) is 0 Å². The van der Waals surface area contributed by atoms with Crippen LogP contribution in [0.1, 0.15) is 45.8 Å². The Morgan fingerprint density at radius 2 is 1.67 bits per heavy atom. The van der Waals surface area contributed by atoms with E-state index in [1.54, 1.807) is 18.2 Å². The van der Waals surface area contributed by atoms with Crippen LogP contribution in [-0.4, -0.2) is 12.0 Å². The summed E-state index contributed by atoms with van der Waals surface area (Å²) in [6.07, 6.45) is -0.0619. The van der Waals surface area contributed by atoms with Crippen molar-refractivity contribution in [3.63, 3.8) is 0 Å². The fourth-order valence-electron chi connectivity index (χ4n) is 3.14. The number of carbonyl (C=O) groups is 1. The molecule has 1 atom stereocenters. The van der Waals surface area contributed by atoms with Crippen LogP contribution < -0.4 is 0 Å². The second-order valence-corrected chi connectivity index (χ2v) is 7.56. The van der Waals surface area contributed by atoms with E-state index in [1.807, 2.05) is 0 Å². The quantitative estimate of drug-likeness (QED) is 0.457. The summed E-state index contributed by atoms with van der Waals surface area (Å²) in [6, 6.07) is 7.43. The minimum atomic E-state index is -4.53. The van der Waals surface area contributed by atoms with Gasteiger partial charge in [0.25, 0.3) is 0 Å². The van der Waals surface area contributed by atoms with Gasteiger partial charge >= 0.3 is 6.18 Å². The smallest absolute Gasteiger partial charge is 0.294 e. The van der Waals surface area contributed by atoms with Gasteiger partial charge < -0.3 is 0 Å². The molecule has 2 aromatic rings. The van der Waals surface area contributed by atoms with Crippen molar-refractivity contribution < 1.29 is 18.0 Å². The third-order valence-corrected chi connectivity index (χ3v) is 5.68. The molecule has 0 amide bonds. The maximum absolute atomic E-state index is 13.6. The summed E-state index contributed by atoms with van der Waals surface area (Å²) in [4.78, 5) is 11.9. The Morgan fingerprint density at radius 3 is 2.30 bits per heavy atom. The molecule has 1 aliphatic carbocycles. The summed E-state index contributed by atoms with van der Waals surface area (Å²) < 4.78 is 40.7. The van der Waals surface area contributed by atoms with Gasteiger partial charge in [-0.05, 0) is 41.7 Å². The first kappa shape index (κ1) is 20.2. The van der Waals surface area contributed by atoms with Crippen molar-refractivity contribution in [3.05, 3.63) is 73.7 Å². The number of ketones is 1. The second kappa shape index (κ2) is 7.86. The van der Waals surface area contributed by atoms with Gasteiger partial charge in [-0.15, -0.1) is 0 Å². The highest BCUT2D eigenvalue weighted by Gasteiger charge is 2.39. The van der Waals surface area contributed by atoms with Gasteiger partial charge in [0.2, 0.25) is 0 Å². The first-order valence-electron chi connectivity index (χ1n) is 8.22. The minimum Gasteiger partial charge on any atom is -0.294 e. The standard InChI is InChI=1S/C20H14Cl3F3O/c21-16-9-13(10-17(22)19(16)23)15(20(24,25)26)7-5-11-4-6-14-12(8-11)2-1-3-18(14)27/h4-10,15H,1-3H2/t15-/m1/s1. The highest BCUT2D eigenvalue weighted by atomic mass is 35.5. The lowest BCUT2D eigenvalue weighted by atomic mass is 9.89. The number of halogens is 6. The molecule has 0 radical (unpaired) electrons. The molecule has 0 heterocycles. The lowest BCUT2D eigenvalue weighted by Gasteiger charge is -2.19. The average molecular weight is 434 g/mol. The summed E-state index contributed by atoms with van der Waals surface area (Å²) >= 11 is 17.6. The fraction of sp³-hybridized carbons (Fsp3) is 0.250. The maximum atomic E-state index is 13.6. The van der Waals surface area contributed by atoms with E-state index in [9.17, 15) is 18.0 Å². The number of aryl methyl sites for hydroxylation is 1. The Balaban J connectivity index is 1.95. The molecule has 0 saturated carbocycles. The molecule has 1 nitrogen and oxygen atoms in total. The highest BCUT2D eigenvalue weighted by molar-refractivity contribution is 6.48. The van der Waals surface area contributed by atoms with Crippen molar-refractivity contribution in [2.45, 2.75) is 31.4 Å². The number of fused-ring (bicyclic) bond motifs is 1. The summed E-state index contributed by atoms with van der Waals surface area (Å²) in [7, 11) is 0. The van der Waals surface area contributed by atoms with Gasteiger partial charge in [0.1, 0.15) is 0 Å². The molecule has 0 aromatic heterocycles. The van der Waals surface area contributed by atoms with Crippen molar-refractivity contribution in [2.75, 3.05) is 0 Å². The minimum absolute atomic E-state index is 0.0198. The molecule has 7 heteroatoms. The summed E-state index contributed by atoms with van der Waals surface area (Å²) in [5, 5.41) is -0.0467. The van der Waals surface area contributed by atoms with E-state index < -0.39 is 12.1 Å². The lowest BCUT2D eigenvalue weighted by molar-refractivity contribution is -0.139. The predicted molar refractivity (Wildman–Crippen MR) is 103 cm³/mol. The van der Waals surface area contributed by atoms with Gasteiger partial charge in [0, 0.05) is 12.0 Å². The van der Waals surface area contributed by atoms with E-state index in [0.717, 1.165) is 24.5 Å². The van der Waals surface area contributed by atoms with Crippen LogP contribution >= 0.6 is 34.8 Å². The predicted octanol–water partition coefficient (Wildman–Crippen LogP) is 7.53. The van der Waals surface area contributed by atoms with Crippen molar-refractivity contribution in [1.29, 1.82) is 0 Å². The number of rotatable bonds is 3. The van der Waals surface area contributed by atoms with E-state index in [0.29, 0.717) is 17.5 Å². The molecule has 2 aromatic carbocycles. The van der Waals surface area contributed by atoms with Gasteiger partial charge in [-0.25, -0.2) is 0 Å². The van der Waals surface area contributed by atoms with Gasteiger partial charge in [-0.3, -0.25) is 4.79 Å². The molecule has 3 rings (SSSR count). The average Bonchev–Trinajstić information content (AvgIpc) is 2.58. The number of carbonyl (C=O) groups excluding carboxylic acids is 1. The lowest BCUT2D eigenvalue weighted by Crippen LogP contribution is -2.19. The van der Waals surface area contributed by atoms with Gasteiger partial charge in [-0.1, -0.05) is 65.2 Å². The molecular formula is C20H14Cl3F3O. The van der Waals surface area contributed by atoms with Crippen LogP contribution in [0.4, 0.5) is 13.2 Å². The Kier molecular flexibility index (Phi) is 5.90. The highest BCUT2D eigenvalue weighted by Crippen LogP contribution is 2.41. The Morgan fingerprint density at radius 1 is 1.00 bits per heavy atom. The van der Waals surface area contributed by atoms with E-state index >= 15 is 0 Å². The Labute approximate surface area is 169 Å². The molecule has 0 bridgehead atoms. The number of alkyl halides is 3. The van der Waals surface area contributed by atoms with Crippen molar-refractivity contribution in [2.24, 2.45) is 0 Å². The maximum Gasteiger partial charge on any atom is 0.399 e. The van der Waals surface area contributed by atoms with Crippen LogP contribution in [0.25, 0.3) is 6.08 Å². The second-order valence-electron chi connectivity index (χ2n) is 6.37. The molecule has 0 unspecified atom stereocenters. The van der Waals surface area contributed by atoms with Crippen LogP contribution in [0.5, 0.6) is 0 Å². The van der Waals surface area contributed by atoms with Crippen LogP contribution in [0.2, 0.25) is 15.1 Å². The molecule has 0 fully saturated rings. The number of benzene rings is 2. The first-order chi connectivity index (χ1) is 12.7. The van der Waals surface area contributed by atoms with E-state index in [4.69, 9.17) is 34.8 Å². The molecular weight excluding hydrogens is 420 g/mol. The normalized spacial score (nSPS) is 15.9. The van der Waals surface area contributed by atoms with Crippen molar-refractivity contribution >= 4 is 46.7 Å². The number of hydrogen-bond acceptors (Lipinski definition) is 1. The number of Topliss-reactive ketones (excluding diaryl/α,β-unsaturated/α-hetero) is 1. The Hall–Kier alpha value is -1.49. The number of allylic oxidation sites excluding steroid dienone is 1. The molecule has 0 spiro atoms. The van der Waals surface area contributed by atoms with E-state index in [1.165, 1.54) is 18.2 Å². The SMILES string of the molecule is O=C1CCCc2cc(C=C[C@H](c3cc(Cl)c(Cl)c(Cl)c3)C(F)(F)F)ccc21. The van der Waals surface area contributed by atoms with Crippen molar-refractivity contribution in [1.82, 2.24) is 0 Å². The molecule has 0 N–H and O–H groups in total. The molecule has 142 valence electrons. The molecule has 0 saturated heterocycles. The number of hydrogen-bond donors (Lipinski definition) is 0. The first-order valence-corrected chi connectivity index (χ1v) is 9.35. The van der Waals surface area contributed by atoms with Gasteiger partial charge in [-0.2, -0.15) is 13.2 Å². The van der Waals surface area contributed by atoms with Crippen LogP contribution in [0.3, 0.4) is 0 Å². The topological polar surface area (TPSA) is 17.1 Å². The van der Waals surface area contributed by atoms with Crippen LogP contribution in [0.15, 0.2) is 36.4 Å². The van der Waals surface area contributed by atoms with E-state index in [-0.39, 0.29) is 26.4 Å². The molecule has 1 aliphatic rings. The Bertz CT molecular complexity index is 896. The van der Waals surface area contributed by atoms with Gasteiger partial charge in [0.05, 0.1) is 21.0 Å². The summed E-state index contributed by atoms with van der Waals surface area (Å²) in [5.41, 5.74) is 2.03. The zero-order chi connectivity index (χ0) is 19.8. The molecule has 27 heavy (non-hydrogen) atoms. The van der Waals surface area contributed by atoms with Crippen LogP contribution in [0, 0.1) is 0 Å². The monoisotopic (exact) mass is 432 g/mol. The van der Waals surface area contributed by atoms with Gasteiger partial charge in [0.15, 0.2) is 5.78 Å². The van der Waals surface area contributed by atoms with E-state index in [2.05, 4.69) is 0 Å². The summed E-state index contributed by atoms with van der Waals surface area (Å²) in [5.74, 6) is -1.81. The fourth-order valence-corrected chi connectivity index (χ4v) is 3.75. The molecule has 0 aliphatic heterocycles. The third kappa shape index (κ3) is 4.50. The zero-order valence-electron chi connectivity index (χ0n) is 13.9.